The van der Waals surface area contributed by atoms with Crippen LogP contribution in [0.25, 0.3) is 0 Å². The second-order valence-electron chi connectivity index (χ2n) is 4.70. The molecule has 0 fully saturated rings. The maximum Gasteiger partial charge on any atom is 0.238 e. The van der Waals surface area contributed by atoms with E-state index in [1.807, 2.05) is 25.1 Å². The standard InChI is InChI=1S/C13H17N5O2S/c1-18(2)13-7-12(16-9-17-13)15-8-10-3-5-11(6-4-10)21(14,19)20/h3-7,9H,8H2,1-2H3,(H2,14,19,20)(H,15,16,17). The zero-order chi connectivity index (χ0) is 15.5. The van der Waals surface area contributed by atoms with E-state index in [9.17, 15) is 8.42 Å². The molecular weight excluding hydrogens is 290 g/mol. The average molecular weight is 307 g/mol. The summed E-state index contributed by atoms with van der Waals surface area (Å²) in [7, 11) is 0.153. The van der Waals surface area contributed by atoms with Gasteiger partial charge in [0, 0.05) is 26.7 Å². The first-order chi connectivity index (χ1) is 9.86. The third-order valence-corrected chi connectivity index (χ3v) is 3.77. The molecule has 1 heterocycles. The summed E-state index contributed by atoms with van der Waals surface area (Å²) in [6.07, 6.45) is 1.49. The van der Waals surface area contributed by atoms with Crippen molar-refractivity contribution in [3.63, 3.8) is 0 Å². The molecule has 2 aromatic rings. The maximum absolute atomic E-state index is 11.2. The van der Waals surface area contributed by atoms with Gasteiger partial charge >= 0.3 is 0 Å². The molecule has 0 aliphatic heterocycles. The van der Waals surface area contributed by atoms with Crippen LogP contribution in [-0.2, 0) is 16.6 Å². The molecule has 0 spiro atoms. The first-order valence-corrected chi connectivity index (χ1v) is 7.76. The number of aromatic nitrogens is 2. The van der Waals surface area contributed by atoms with Crippen LogP contribution < -0.4 is 15.4 Å². The summed E-state index contributed by atoms with van der Waals surface area (Å²) >= 11 is 0. The maximum atomic E-state index is 11.2. The molecular formula is C13H17N5O2S. The van der Waals surface area contributed by atoms with Crippen molar-refractivity contribution in [3.05, 3.63) is 42.2 Å². The van der Waals surface area contributed by atoms with E-state index in [2.05, 4.69) is 15.3 Å². The Bertz CT molecular complexity index is 714. The van der Waals surface area contributed by atoms with Crippen LogP contribution in [0.3, 0.4) is 0 Å². The van der Waals surface area contributed by atoms with Gasteiger partial charge in [0.25, 0.3) is 0 Å². The van der Waals surface area contributed by atoms with Gasteiger partial charge in [0.2, 0.25) is 10.0 Å². The van der Waals surface area contributed by atoms with E-state index >= 15 is 0 Å². The van der Waals surface area contributed by atoms with E-state index in [0.29, 0.717) is 12.4 Å². The van der Waals surface area contributed by atoms with Crippen LogP contribution >= 0.6 is 0 Å². The highest BCUT2D eigenvalue weighted by atomic mass is 32.2. The van der Waals surface area contributed by atoms with Gasteiger partial charge in [0.15, 0.2) is 0 Å². The third-order valence-electron chi connectivity index (χ3n) is 2.84. The van der Waals surface area contributed by atoms with Gasteiger partial charge in [-0.15, -0.1) is 0 Å². The minimum Gasteiger partial charge on any atom is -0.366 e. The Hall–Kier alpha value is -2.19. The van der Waals surface area contributed by atoms with Gasteiger partial charge in [-0.05, 0) is 17.7 Å². The topological polar surface area (TPSA) is 101 Å². The summed E-state index contributed by atoms with van der Waals surface area (Å²) in [4.78, 5) is 10.2. The Kier molecular flexibility index (Phi) is 4.39. The number of benzene rings is 1. The zero-order valence-corrected chi connectivity index (χ0v) is 12.6. The summed E-state index contributed by atoms with van der Waals surface area (Å²) in [5, 5.41) is 8.21. The van der Waals surface area contributed by atoms with Crippen molar-refractivity contribution in [3.8, 4) is 0 Å². The van der Waals surface area contributed by atoms with Gasteiger partial charge in [-0.2, -0.15) is 0 Å². The van der Waals surface area contributed by atoms with E-state index in [4.69, 9.17) is 5.14 Å². The zero-order valence-electron chi connectivity index (χ0n) is 11.8. The van der Waals surface area contributed by atoms with Crippen LogP contribution in [0.15, 0.2) is 41.6 Å². The van der Waals surface area contributed by atoms with Gasteiger partial charge in [-0.1, -0.05) is 12.1 Å². The summed E-state index contributed by atoms with van der Waals surface area (Å²) in [6, 6.07) is 8.22. The Morgan fingerprint density at radius 3 is 2.43 bits per heavy atom. The molecule has 0 aliphatic carbocycles. The van der Waals surface area contributed by atoms with Crippen molar-refractivity contribution < 1.29 is 8.42 Å². The van der Waals surface area contributed by atoms with E-state index in [1.54, 1.807) is 12.1 Å². The van der Waals surface area contributed by atoms with Crippen LogP contribution in [0.4, 0.5) is 11.6 Å². The monoisotopic (exact) mass is 307 g/mol. The third kappa shape index (κ3) is 4.14. The lowest BCUT2D eigenvalue weighted by molar-refractivity contribution is 0.598. The van der Waals surface area contributed by atoms with Gasteiger partial charge in [-0.3, -0.25) is 0 Å². The van der Waals surface area contributed by atoms with Crippen molar-refractivity contribution in [1.82, 2.24) is 9.97 Å². The number of hydrogen-bond donors (Lipinski definition) is 2. The SMILES string of the molecule is CN(C)c1cc(NCc2ccc(S(N)(=O)=O)cc2)ncn1. The number of hydrogen-bond acceptors (Lipinski definition) is 6. The number of sulfonamides is 1. The summed E-state index contributed by atoms with van der Waals surface area (Å²) in [5.41, 5.74) is 0.924. The molecule has 0 saturated heterocycles. The van der Waals surface area contributed by atoms with Crippen LogP contribution in [0.5, 0.6) is 0 Å². The molecule has 112 valence electrons. The lowest BCUT2D eigenvalue weighted by Gasteiger charge is -2.12. The fourth-order valence-corrected chi connectivity index (χ4v) is 2.19. The molecule has 7 nitrogen and oxygen atoms in total. The lowest BCUT2D eigenvalue weighted by atomic mass is 10.2. The van der Waals surface area contributed by atoms with Crippen molar-refractivity contribution >= 4 is 21.7 Å². The smallest absolute Gasteiger partial charge is 0.238 e. The molecule has 3 N–H and O–H groups in total. The highest BCUT2D eigenvalue weighted by molar-refractivity contribution is 7.89. The Balaban J connectivity index is 2.05. The highest BCUT2D eigenvalue weighted by Crippen LogP contribution is 2.13. The van der Waals surface area contributed by atoms with Crippen molar-refractivity contribution in [2.45, 2.75) is 11.4 Å². The Morgan fingerprint density at radius 2 is 1.86 bits per heavy atom. The number of anilines is 2. The average Bonchev–Trinajstić information content (AvgIpc) is 2.45. The minimum absolute atomic E-state index is 0.100. The molecule has 0 unspecified atom stereocenters. The van der Waals surface area contributed by atoms with Gasteiger partial charge in [0.1, 0.15) is 18.0 Å². The highest BCUT2D eigenvalue weighted by Gasteiger charge is 2.06. The lowest BCUT2D eigenvalue weighted by Crippen LogP contribution is -2.12. The van der Waals surface area contributed by atoms with Gasteiger partial charge in [0.05, 0.1) is 4.90 Å². The normalized spacial score (nSPS) is 11.2. The first-order valence-electron chi connectivity index (χ1n) is 6.21. The predicted molar refractivity (Wildman–Crippen MR) is 81.5 cm³/mol. The predicted octanol–water partition coefficient (Wildman–Crippen LogP) is 0.802. The van der Waals surface area contributed by atoms with Crippen LogP contribution in [0, 0.1) is 0 Å². The molecule has 1 aromatic heterocycles. The van der Waals surface area contributed by atoms with Crippen molar-refractivity contribution in [2.75, 3.05) is 24.3 Å². The molecule has 8 heteroatoms. The number of primary sulfonamides is 1. The summed E-state index contributed by atoms with van der Waals surface area (Å²) in [6.45, 7) is 0.523. The fraction of sp³-hybridized carbons (Fsp3) is 0.231. The first kappa shape index (κ1) is 15.2. The van der Waals surface area contributed by atoms with E-state index in [0.717, 1.165) is 11.4 Å². The molecule has 2 rings (SSSR count). The van der Waals surface area contributed by atoms with Crippen molar-refractivity contribution in [2.24, 2.45) is 5.14 Å². The fourth-order valence-electron chi connectivity index (χ4n) is 1.68. The molecule has 1 aromatic carbocycles. The Labute approximate surface area is 123 Å². The van der Waals surface area contributed by atoms with E-state index < -0.39 is 10.0 Å². The molecule has 0 atom stereocenters. The van der Waals surface area contributed by atoms with E-state index in [1.165, 1.54) is 18.5 Å². The summed E-state index contributed by atoms with van der Waals surface area (Å²) < 4.78 is 22.3. The van der Waals surface area contributed by atoms with Gasteiger partial charge < -0.3 is 10.2 Å². The van der Waals surface area contributed by atoms with Crippen LogP contribution in [0.2, 0.25) is 0 Å². The summed E-state index contributed by atoms with van der Waals surface area (Å²) in [5.74, 6) is 1.50. The number of rotatable bonds is 5. The molecule has 0 bridgehead atoms. The molecule has 21 heavy (non-hydrogen) atoms. The van der Waals surface area contributed by atoms with Crippen LogP contribution in [0.1, 0.15) is 5.56 Å². The Morgan fingerprint density at radius 1 is 1.19 bits per heavy atom. The van der Waals surface area contributed by atoms with Gasteiger partial charge in [-0.25, -0.2) is 23.5 Å². The van der Waals surface area contributed by atoms with Crippen molar-refractivity contribution in [1.29, 1.82) is 0 Å². The molecule has 0 aliphatic rings. The quantitative estimate of drug-likeness (QED) is 0.847. The minimum atomic E-state index is -3.65. The molecule has 0 saturated carbocycles. The number of nitrogens with zero attached hydrogens (tertiary/aromatic N) is 3. The van der Waals surface area contributed by atoms with Crippen LogP contribution in [-0.4, -0.2) is 32.5 Å². The largest absolute Gasteiger partial charge is 0.366 e. The second kappa shape index (κ2) is 6.06. The molecule has 0 amide bonds. The van der Waals surface area contributed by atoms with E-state index in [-0.39, 0.29) is 4.90 Å². The molecule has 0 radical (unpaired) electrons. The number of nitrogens with two attached hydrogens (primary N) is 1. The second-order valence-corrected chi connectivity index (χ2v) is 6.26. The number of nitrogens with one attached hydrogen (secondary N) is 1.